The van der Waals surface area contributed by atoms with E-state index in [9.17, 15) is 9.18 Å². The van der Waals surface area contributed by atoms with Crippen LogP contribution in [0.15, 0.2) is 54.6 Å². The molecular formula is C19H11ClFN3O2S. The van der Waals surface area contributed by atoms with Crippen LogP contribution in [0.5, 0.6) is 0 Å². The average molecular weight is 400 g/mol. The third-order valence-electron chi connectivity index (χ3n) is 3.93. The number of rotatable bonds is 4. The van der Waals surface area contributed by atoms with Crippen LogP contribution in [0.25, 0.3) is 22.2 Å². The van der Waals surface area contributed by atoms with E-state index in [2.05, 4.69) is 14.6 Å². The lowest BCUT2D eigenvalue weighted by Crippen LogP contribution is -2.07. The van der Waals surface area contributed by atoms with Gasteiger partial charge in [-0.05, 0) is 36.4 Å². The molecule has 0 aliphatic carbocycles. The Labute approximate surface area is 162 Å². The zero-order chi connectivity index (χ0) is 18.8. The summed E-state index contributed by atoms with van der Waals surface area (Å²) in [6.45, 7) is -0.0727. The Morgan fingerprint density at radius 2 is 1.93 bits per heavy atom. The highest BCUT2D eigenvalue weighted by atomic mass is 35.5. The van der Waals surface area contributed by atoms with E-state index in [1.807, 2.05) is 12.1 Å². The van der Waals surface area contributed by atoms with Crippen molar-refractivity contribution in [2.24, 2.45) is 0 Å². The fourth-order valence-electron chi connectivity index (χ4n) is 2.61. The molecule has 0 spiro atoms. The van der Waals surface area contributed by atoms with Crippen molar-refractivity contribution in [3.8, 4) is 11.3 Å². The molecule has 2 aromatic carbocycles. The second-order valence-corrected chi connectivity index (χ2v) is 7.00. The van der Waals surface area contributed by atoms with Crippen molar-refractivity contribution in [3.63, 3.8) is 0 Å². The summed E-state index contributed by atoms with van der Waals surface area (Å²) in [7, 11) is 0. The summed E-state index contributed by atoms with van der Waals surface area (Å²) >= 11 is 6.97. The van der Waals surface area contributed by atoms with Gasteiger partial charge in [0, 0.05) is 22.5 Å². The van der Waals surface area contributed by atoms with Gasteiger partial charge >= 0.3 is 5.97 Å². The van der Waals surface area contributed by atoms with E-state index >= 15 is 0 Å². The number of hydrogen-bond donors (Lipinski definition) is 0. The average Bonchev–Trinajstić information content (AvgIpc) is 3.10. The third kappa shape index (κ3) is 3.65. The van der Waals surface area contributed by atoms with Crippen LogP contribution < -0.4 is 0 Å². The van der Waals surface area contributed by atoms with E-state index in [1.165, 1.54) is 12.1 Å². The van der Waals surface area contributed by atoms with Gasteiger partial charge in [-0.25, -0.2) is 14.2 Å². The van der Waals surface area contributed by atoms with Crippen LogP contribution in [-0.2, 0) is 11.3 Å². The first-order valence-electron chi connectivity index (χ1n) is 7.91. The molecule has 0 saturated carbocycles. The Kier molecular flexibility index (Phi) is 4.79. The fourth-order valence-corrected chi connectivity index (χ4v) is 3.21. The van der Waals surface area contributed by atoms with Gasteiger partial charge in [-0.2, -0.15) is 0 Å². The number of pyridine rings is 1. The molecule has 4 rings (SSSR count). The van der Waals surface area contributed by atoms with Crippen molar-refractivity contribution in [1.29, 1.82) is 0 Å². The van der Waals surface area contributed by atoms with Gasteiger partial charge in [-0.1, -0.05) is 34.3 Å². The van der Waals surface area contributed by atoms with Gasteiger partial charge in [0.15, 0.2) is 0 Å². The van der Waals surface area contributed by atoms with Gasteiger partial charge in [0.2, 0.25) is 0 Å². The van der Waals surface area contributed by atoms with E-state index in [0.717, 1.165) is 11.5 Å². The summed E-state index contributed by atoms with van der Waals surface area (Å²) in [6.07, 6.45) is 0. The maximum atomic E-state index is 13.2. The lowest BCUT2D eigenvalue weighted by Gasteiger charge is -2.10. The van der Waals surface area contributed by atoms with E-state index in [0.29, 0.717) is 37.8 Å². The largest absolute Gasteiger partial charge is 0.455 e. The predicted molar refractivity (Wildman–Crippen MR) is 101 cm³/mol. The minimum atomic E-state index is -0.527. The maximum absolute atomic E-state index is 13.2. The molecule has 0 aliphatic heterocycles. The molecule has 0 atom stereocenters. The highest BCUT2D eigenvalue weighted by molar-refractivity contribution is 7.10. The van der Waals surface area contributed by atoms with Crippen molar-refractivity contribution in [3.05, 3.63) is 76.0 Å². The summed E-state index contributed by atoms with van der Waals surface area (Å²) in [5.41, 5.74) is 2.66. The number of fused-ring (bicyclic) bond motifs is 1. The first kappa shape index (κ1) is 17.5. The first-order chi connectivity index (χ1) is 13.1. The second-order valence-electron chi connectivity index (χ2n) is 5.65. The zero-order valence-electron chi connectivity index (χ0n) is 13.7. The van der Waals surface area contributed by atoms with Crippen LogP contribution in [0.1, 0.15) is 16.1 Å². The van der Waals surface area contributed by atoms with E-state index in [-0.39, 0.29) is 12.4 Å². The van der Waals surface area contributed by atoms with Gasteiger partial charge in [0.1, 0.15) is 22.5 Å². The summed E-state index contributed by atoms with van der Waals surface area (Å²) in [6, 6.07) is 14.8. The van der Waals surface area contributed by atoms with Crippen LogP contribution in [0.2, 0.25) is 4.34 Å². The van der Waals surface area contributed by atoms with Crippen LogP contribution in [-0.4, -0.2) is 20.5 Å². The Balaban J connectivity index is 1.72. The number of esters is 1. The smallest absolute Gasteiger partial charge is 0.339 e. The van der Waals surface area contributed by atoms with Crippen LogP contribution in [0.4, 0.5) is 4.39 Å². The van der Waals surface area contributed by atoms with Crippen molar-refractivity contribution >= 4 is 40.0 Å². The zero-order valence-corrected chi connectivity index (χ0v) is 15.3. The molecule has 2 aromatic heterocycles. The highest BCUT2D eigenvalue weighted by Crippen LogP contribution is 2.26. The van der Waals surface area contributed by atoms with Gasteiger partial charge in [-0.15, -0.1) is 5.10 Å². The molecular weight excluding hydrogens is 389 g/mol. The number of carbonyl (C=O) groups excluding carboxylic acids is 1. The van der Waals surface area contributed by atoms with E-state index in [1.54, 1.807) is 30.3 Å². The van der Waals surface area contributed by atoms with Gasteiger partial charge in [-0.3, -0.25) is 0 Å². The molecule has 0 unspecified atom stereocenters. The molecule has 134 valence electrons. The molecule has 4 aromatic rings. The molecule has 0 bridgehead atoms. The monoisotopic (exact) mass is 399 g/mol. The number of halogens is 2. The minimum absolute atomic E-state index is 0.0727. The van der Waals surface area contributed by atoms with Crippen molar-refractivity contribution in [1.82, 2.24) is 14.6 Å². The van der Waals surface area contributed by atoms with Crippen LogP contribution in [0, 0.1) is 5.82 Å². The molecule has 0 N–H and O–H groups in total. The summed E-state index contributed by atoms with van der Waals surface area (Å²) in [5, 5.41) is 4.49. The van der Waals surface area contributed by atoms with Crippen molar-refractivity contribution in [2.45, 2.75) is 6.61 Å². The summed E-state index contributed by atoms with van der Waals surface area (Å²) in [5.74, 6) is -0.867. The number of benzene rings is 2. The molecule has 2 heterocycles. The normalized spacial score (nSPS) is 10.9. The number of hydrogen-bond acceptors (Lipinski definition) is 6. The predicted octanol–water partition coefficient (Wildman–Crippen LogP) is 4.90. The third-order valence-corrected chi connectivity index (χ3v) is 4.91. The van der Waals surface area contributed by atoms with Crippen LogP contribution >= 0.6 is 23.1 Å². The fraction of sp³-hybridized carbons (Fsp3) is 0.0526. The highest BCUT2D eigenvalue weighted by Gasteiger charge is 2.17. The Morgan fingerprint density at radius 1 is 1.15 bits per heavy atom. The summed E-state index contributed by atoms with van der Waals surface area (Å²) in [4.78, 5) is 17.3. The van der Waals surface area contributed by atoms with Gasteiger partial charge in [0.25, 0.3) is 0 Å². The standard InChI is InChI=1S/C19H11ClFN3O2S/c20-18-17(23-24-27-18)10-26-19(25)14-9-16(11-5-7-12(21)8-6-11)22-15-4-2-1-3-13(14)15/h1-9H,10H2. The first-order valence-corrected chi connectivity index (χ1v) is 9.06. The lowest BCUT2D eigenvalue weighted by molar-refractivity contribution is 0.0470. The Bertz CT molecular complexity index is 1130. The van der Waals surface area contributed by atoms with E-state index < -0.39 is 5.97 Å². The topological polar surface area (TPSA) is 65.0 Å². The number of para-hydroxylation sites is 1. The van der Waals surface area contributed by atoms with Crippen LogP contribution in [0.3, 0.4) is 0 Å². The summed E-state index contributed by atoms with van der Waals surface area (Å²) < 4.78 is 22.7. The molecule has 5 nitrogen and oxygen atoms in total. The minimum Gasteiger partial charge on any atom is -0.455 e. The molecule has 0 amide bonds. The van der Waals surface area contributed by atoms with Gasteiger partial charge < -0.3 is 4.74 Å². The molecule has 0 radical (unpaired) electrons. The van der Waals surface area contributed by atoms with Gasteiger partial charge in [0.05, 0.1) is 16.8 Å². The number of nitrogens with zero attached hydrogens (tertiary/aromatic N) is 3. The molecule has 0 fully saturated rings. The lowest BCUT2D eigenvalue weighted by atomic mass is 10.0. The second kappa shape index (κ2) is 7.38. The van der Waals surface area contributed by atoms with Crippen molar-refractivity contribution < 1.29 is 13.9 Å². The molecule has 0 saturated heterocycles. The van der Waals surface area contributed by atoms with E-state index in [4.69, 9.17) is 16.3 Å². The number of ether oxygens (including phenoxy) is 1. The maximum Gasteiger partial charge on any atom is 0.339 e. The molecule has 0 aliphatic rings. The van der Waals surface area contributed by atoms with Crippen molar-refractivity contribution in [2.75, 3.05) is 0 Å². The quantitative estimate of drug-likeness (QED) is 0.456. The Hall–Kier alpha value is -2.90. The Morgan fingerprint density at radius 3 is 2.67 bits per heavy atom. The molecule has 27 heavy (non-hydrogen) atoms. The SMILES string of the molecule is O=C(OCc1nnsc1Cl)c1cc(-c2ccc(F)cc2)nc2ccccc12. The number of aromatic nitrogens is 3. The number of carbonyl (C=O) groups is 1. The molecule has 8 heteroatoms.